The van der Waals surface area contributed by atoms with Crippen LogP contribution >= 0.6 is 12.4 Å². The predicted molar refractivity (Wildman–Crippen MR) is 76.3 cm³/mol. The summed E-state index contributed by atoms with van der Waals surface area (Å²) in [6.45, 7) is 3.03. The van der Waals surface area contributed by atoms with E-state index in [1.807, 2.05) is 11.9 Å². The van der Waals surface area contributed by atoms with Gasteiger partial charge in [-0.25, -0.2) is 0 Å². The number of nitrogens with zero attached hydrogens (tertiary/aromatic N) is 2. The van der Waals surface area contributed by atoms with Crippen molar-refractivity contribution >= 4 is 24.2 Å². The monoisotopic (exact) mass is 289 g/mol. The maximum Gasteiger partial charge on any atom is 0.242 e. The molecule has 0 radical (unpaired) electrons. The zero-order valence-electron chi connectivity index (χ0n) is 11.6. The van der Waals surface area contributed by atoms with Crippen LogP contribution in [0, 0.1) is 0 Å². The van der Waals surface area contributed by atoms with Gasteiger partial charge in [-0.3, -0.25) is 9.59 Å². The van der Waals surface area contributed by atoms with Crippen LogP contribution in [0.3, 0.4) is 0 Å². The quantitative estimate of drug-likeness (QED) is 0.829. The van der Waals surface area contributed by atoms with Crippen LogP contribution in [0.25, 0.3) is 0 Å². The first kappa shape index (κ1) is 16.2. The summed E-state index contributed by atoms with van der Waals surface area (Å²) in [7, 11) is 1.87. The van der Waals surface area contributed by atoms with Crippen LogP contribution in [0.5, 0.6) is 0 Å². The molecule has 2 rings (SSSR count). The minimum absolute atomic E-state index is 0. The molecule has 0 aromatic heterocycles. The minimum Gasteiger partial charge on any atom is -0.341 e. The van der Waals surface area contributed by atoms with E-state index in [1.165, 1.54) is 0 Å². The van der Waals surface area contributed by atoms with Crippen molar-refractivity contribution in [3.63, 3.8) is 0 Å². The molecule has 2 fully saturated rings. The molecular formula is C13H24ClN3O2. The molecule has 0 spiro atoms. The predicted octanol–water partition coefficient (Wildman–Crippen LogP) is 0.631. The first-order chi connectivity index (χ1) is 8.68. The van der Waals surface area contributed by atoms with E-state index in [-0.39, 0.29) is 30.8 Å². The summed E-state index contributed by atoms with van der Waals surface area (Å²) in [4.78, 5) is 27.2. The molecule has 19 heavy (non-hydrogen) atoms. The number of likely N-dealkylation sites (N-methyl/N-ethyl adjacent to an activating group) is 1. The number of nitrogens with one attached hydrogen (secondary N) is 1. The highest BCUT2D eigenvalue weighted by atomic mass is 35.5. The zero-order chi connectivity index (χ0) is 13.0. The summed E-state index contributed by atoms with van der Waals surface area (Å²) in [5, 5.41) is 3.35. The van der Waals surface area contributed by atoms with Gasteiger partial charge in [0.15, 0.2) is 0 Å². The van der Waals surface area contributed by atoms with E-state index in [2.05, 4.69) is 5.32 Å². The van der Waals surface area contributed by atoms with E-state index in [0.29, 0.717) is 12.5 Å². The van der Waals surface area contributed by atoms with Gasteiger partial charge in [-0.15, -0.1) is 12.4 Å². The topological polar surface area (TPSA) is 52.7 Å². The number of halogens is 1. The fraction of sp³-hybridized carbons (Fsp3) is 0.846. The molecule has 6 heteroatoms. The summed E-state index contributed by atoms with van der Waals surface area (Å²) in [6.07, 6.45) is 4.68. The summed E-state index contributed by atoms with van der Waals surface area (Å²) in [6, 6.07) is 0.324. The number of hydrogen-bond donors (Lipinski definition) is 1. The maximum atomic E-state index is 12.2. The van der Waals surface area contributed by atoms with Gasteiger partial charge in [0, 0.05) is 26.1 Å². The Hall–Kier alpha value is -0.810. The van der Waals surface area contributed by atoms with Crippen molar-refractivity contribution in [3.8, 4) is 0 Å². The molecule has 2 heterocycles. The summed E-state index contributed by atoms with van der Waals surface area (Å²) >= 11 is 0. The Morgan fingerprint density at radius 1 is 1.37 bits per heavy atom. The van der Waals surface area contributed by atoms with Gasteiger partial charge in [-0.2, -0.15) is 0 Å². The molecule has 2 amide bonds. The molecule has 110 valence electrons. The van der Waals surface area contributed by atoms with Crippen LogP contribution in [-0.2, 0) is 9.59 Å². The number of likely N-dealkylation sites (tertiary alicyclic amines) is 1. The Balaban J connectivity index is 0.00000180. The lowest BCUT2D eigenvalue weighted by Crippen LogP contribution is -2.44. The fourth-order valence-corrected chi connectivity index (χ4v) is 2.74. The standard InChI is InChI=1S/C13H23N3O2.ClH/c1-15(11-4-2-7-14-8-6-11)13(18)10-16-9-3-5-12(16)17;/h11,14H,2-10H2,1H3;1H. The van der Waals surface area contributed by atoms with Crippen molar-refractivity contribution in [1.82, 2.24) is 15.1 Å². The lowest BCUT2D eigenvalue weighted by atomic mass is 10.1. The molecule has 1 N–H and O–H groups in total. The Labute approximate surface area is 121 Å². The van der Waals surface area contributed by atoms with Gasteiger partial charge < -0.3 is 15.1 Å². The van der Waals surface area contributed by atoms with E-state index in [0.717, 1.165) is 45.3 Å². The van der Waals surface area contributed by atoms with Gasteiger partial charge in [0.1, 0.15) is 0 Å². The first-order valence-corrected chi connectivity index (χ1v) is 6.92. The molecule has 1 atom stereocenters. The van der Waals surface area contributed by atoms with Crippen LogP contribution in [0.4, 0.5) is 0 Å². The Kier molecular flexibility index (Phi) is 6.58. The van der Waals surface area contributed by atoms with Crippen molar-refractivity contribution in [2.45, 2.75) is 38.1 Å². The van der Waals surface area contributed by atoms with Crippen LogP contribution < -0.4 is 5.32 Å². The summed E-state index contributed by atoms with van der Waals surface area (Å²) in [5.41, 5.74) is 0. The molecular weight excluding hydrogens is 266 g/mol. The molecule has 5 nitrogen and oxygen atoms in total. The molecule has 0 saturated carbocycles. The Morgan fingerprint density at radius 3 is 2.84 bits per heavy atom. The average Bonchev–Trinajstić information content (AvgIpc) is 2.63. The van der Waals surface area contributed by atoms with Crippen molar-refractivity contribution < 1.29 is 9.59 Å². The van der Waals surface area contributed by atoms with Crippen molar-refractivity contribution in [2.75, 3.05) is 33.2 Å². The van der Waals surface area contributed by atoms with Gasteiger partial charge in [-0.1, -0.05) is 0 Å². The lowest BCUT2D eigenvalue weighted by molar-refractivity contribution is -0.139. The highest BCUT2D eigenvalue weighted by molar-refractivity contribution is 5.86. The number of carbonyl (C=O) groups is 2. The van der Waals surface area contributed by atoms with E-state index >= 15 is 0 Å². The minimum atomic E-state index is 0. The lowest BCUT2D eigenvalue weighted by Gasteiger charge is -2.28. The number of hydrogen-bond acceptors (Lipinski definition) is 3. The van der Waals surface area contributed by atoms with Crippen molar-refractivity contribution in [2.24, 2.45) is 0 Å². The van der Waals surface area contributed by atoms with Crippen molar-refractivity contribution in [1.29, 1.82) is 0 Å². The second-order valence-corrected chi connectivity index (χ2v) is 5.26. The molecule has 0 aromatic carbocycles. The highest BCUT2D eigenvalue weighted by Crippen LogP contribution is 2.14. The average molecular weight is 290 g/mol. The largest absolute Gasteiger partial charge is 0.341 e. The van der Waals surface area contributed by atoms with Crippen molar-refractivity contribution in [3.05, 3.63) is 0 Å². The SMILES string of the molecule is CN(C(=O)CN1CCCC1=O)C1CCCNCC1.Cl. The molecule has 2 saturated heterocycles. The highest BCUT2D eigenvalue weighted by Gasteiger charge is 2.26. The van der Waals surface area contributed by atoms with Crippen LogP contribution in [0.2, 0.25) is 0 Å². The maximum absolute atomic E-state index is 12.2. The molecule has 0 aromatic rings. The van der Waals surface area contributed by atoms with E-state index in [1.54, 1.807) is 4.90 Å². The first-order valence-electron chi connectivity index (χ1n) is 6.92. The number of amides is 2. The van der Waals surface area contributed by atoms with E-state index in [4.69, 9.17) is 0 Å². The molecule has 2 aliphatic heterocycles. The third-order valence-electron chi connectivity index (χ3n) is 3.98. The third kappa shape index (κ3) is 4.35. The molecule has 1 unspecified atom stereocenters. The van der Waals surface area contributed by atoms with E-state index in [9.17, 15) is 9.59 Å². The Morgan fingerprint density at radius 2 is 2.16 bits per heavy atom. The van der Waals surface area contributed by atoms with Crippen LogP contribution in [-0.4, -0.2) is 60.9 Å². The normalized spacial score (nSPS) is 23.7. The van der Waals surface area contributed by atoms with Crippen LogP contribution in [0.15, 0.2) is 0 Å². The molecule has 2 aliphatic rings. The molecule has 0 bridgehead atoms. The smallest absolute Gasteiger partial charge is 0.242 e. The van der Waals surface area contributed by atoms with Crippen LogP contribution in [0.1, 0.15) is 32.1 Å². The van der Waals surface area contributed by atoms with Gasteiger partial charge in [0.2, 0.25) is 11.8 Å². The zero-order valence-corrected chi connectivity index (χ0v) is 12.4. The van der Waals surface area contributed by atoms with Gasteiger partial charge in [0.05, 0.1) is 6.54 Å². The fourth-order valence-electron chi connectivity index (χ4n) is 2.74. The van der Waals surface area contributed by atoms with Gasteiger partial charge in [0.25, 0.3) is 0 Å². The van der Waals surface area contributed by atoms with Gasteiger partial charge >= 0.3 is 0 Å². The summed E-state index contributed by atoms with van der Waals surface area (Å²) < 4.78 is 0. The molecule has 0 aliphatic carbocycles. The summed E-state index contributed by atoms with van der Waals surface area (Å²) in [5.74, 6) is 0.205. The number of rotatable bonds is 3. The van der Waals surface area contributed by atoms with Gasteiger partial charge in [-0.05, 0) is 38.8 Å². The third-order valence-corrected chi connectivity index (χ3v) is 3.98. The second-order valence-electron chi connectivity index (χ2n) is 5.26. The Bertz CT molecular complexity index is 317. The number of carbonyl (C=O) groups excluding carboxylic acids is 2. The van der Waals surface area contributed by atoms with E-state index < -0.39 is 0 Å². The second kappa shape index (κ2) is 7.70.